The molecule has 1 aliphatic heterocycles. The molecule has 216 valence electrons. The zero-order valence-corrected chi connectivity index (χ0v) is 25.7. The van der Waals surface area contributed by atoms with Gasteiger partial charge in [0.15, 0.2) is 0 Å². The Morgan fingerprint density at radius 1 is 1.02 bits per heavy atom. The number of esters is 1. The Morgan fingerprint density at radius 3 is 2.49 bits per heavy atom. The van der Waals surface area contributed by atoms with Crippen molar-refractivity contribution in [3.8, 4) is 11.1 Å². The van der Waals surface area contributed by atoms with Crippen LogP contribution in [0.2, 0.25) is 0 Å². The second kappa shape index (κ2) is 11.7. The Balaban J connectivity index is 1.45. The molecule has 1 aromatic heterocycles. The van der Waals surface area contributed by atoms with E-state index in [2.05, 4.69) is 72.7 Å². The van der Waals surface area contributed by atoms with Crippen molar-refractivity contribution in [3.63, 3.8) is 0 Å². The molecule has 41 heavy (non-hydrogen) atoms. The highest BCUT2D eigenvalue weighted by atomic mass is 16.6. The normalized spacial score (nSPS) is 15.3. The third-order valence-electron chi connectivity index (χ3n) is 7.98. The number of rotatable bonds is 8. The van der Waals surface area contributed by atoms with Gasteiger partial charge in [-0.05, 0) is 86.4 Å². The minimum atomic E-state index is -0.540. The molecule has 0 N–H and O–H groups in total. The number of ether oxygens (including phenoxy) is 1. The Kier molecular flexibility index (Phi) is 8.26. The Morgan fingerprint density at radius 2 is 1.78 bits per heavy atom. The first-order valence-electron chi connectivity index (χ1n) is 15.2. The van der Waals surface area contributed by atoms with E-state index in [0.717, 1.165) is 61.4 Å². The number of hydrogen-bond donors (Lipinski definition) is 0. The predicted molar refractivity (Wildman–Crippen MR) is 170 cm³/mol. The quantitative estimate of drug-likeness (QED) is 0.206. The largest absolute Gasteiger partial charge is 0.456 e. The summed E-state index contributed by atoms with van der Waals surface area (Å²) in [6.07, 6.45) is 5.75. The summed E-state index contributed by atoms with van der Waals surface area (Å²) in [5.74, 6) is 0.854. The molecule has 0 bridgehead atoms. The zero-order chi connectivity index (χ0) is 29.2. The van der Waals surface area contributed by atoms with Crippen LogP contribution < -0.4 is 4.90 Å². The van der Waals surface area contributed by atoms with Gasteiger partial charge < -0.3 is 14.2 Å². The van der Waals surface area contributed by atoms with E-state index in [4.69, 9.17) is 9.72 Å². The second-order valence-electron chi connectivity index (χ2n) is 13.3. The molecule has 3 aromatic carbocycles. The van der Waals surface area contributed by atoms with E-state index in [0.29, 0.717) is 11.0 Å². The maximum absolute atomic E-state index is 12.9. The fourth-order valence-corrected chi connectivity index (χ4v) is 5.92. The van der Waals surface area contributed by atoms with Gasteiger partial charge in [0.25, 0.3) is 0 Å². The van der Waals surface area contributed by atoms with E-state index < -0.39 is 5.60 Å². The average Bonchev–Trinajstić information content (AvgIpc) is 3.27. The van der Waals surface area contributed by atoms with Crippen molar-refractivity contribution < 1.29 is 9.53 Å². The minimum Gasteiger partial charge on any atom is -0.456 e. The maximum atomic E-state index is 12.9. The summed E-state index contributed by atoms with van der Waals surface area (Å²) in [7, 11) is 0. The number of anilines is 1. The molecule has 0 radical (unpaired) electrons. The summed E-state index contributed by atoms with van der Waals surface area (Å²) in [6, 6.07) is 23.1. The van der Waals surface area contributed by atoms with Crippen LogP contribution in [-0.2, 0) is 17.7 Å². The summed E-state index contributed by atoms with van der Waals surface area (Å²) in [4.78, 5) is 20.5. The third kappa shape index (κ3) is 6.83. The van der Waals surface area contributed by atoms with Gasteiger partial charge in [0.1, 0.15) is 11.4 Å². The lowest BCUT2D eigenvalue weighted by molar-refractivity contribution is 0.00704. The lowest BCUT2D eigenvalue weighted by Gasteiger charge is -2.39. The van der Waals surface area contributed by atoms with Crippen LogP contribution in [0.5, 0.6) is 0 Å². The smallest absolute Gasteiger partial charge is 0.339 e. The molecular formula is C36H45N3O2. The van der Waals surface area contributed by atoms with Crippen molar-refractivity contribution in [2.24, 2.45) is 5.41 Å². The minimum absolute atomic E-state index is 0.296. The molecule has 4 aromatic rings. The molecule has 0 atom stereocenters. The van der Waals surface area contributed by atoms with Crippen molar-refractivity contribution in [1.29, 1.82) is 0 Å². The number of nitrogens with zero attached hydrogens (tertiary/aromatic N) is 3. The van der Waals surface area contributed by atoms with Gasteiger partial charge in [0.05, 0.1) is 16.6 Å². The molecule has 5 heteroatoms. The lowest BCUT2D eigenvalue weighted by atomic mass is 9.84. The molecular weight excluding hydrogens is 506 g/mol. The Bertz CT molecular complexity index is 1510. The first kappa shape index (κ1) is 28.9. The van der Waals surface area contributed by atoms with Crippen molar-refractivity contribution in [3.05, 3.63) is 83.7 Å². The maximum Gasteiger partial charge on any atom is 0.339 e. The number of aryl methyl sites for hydroxylation is 1. The summed E-state index contributed by atoms with van der Waals surface area (Å²) >= 11 is 0. The van der Waals surface area contributed by atoms with Crippen LogP contribution in [0.15, 0.2) is 66.7 Å². The summed E-state index contributed by atoms with van der Waals surface area (Å²) in [5.41, 5.74) is 7.06. The molecule has 1 aliphatic rings. The standard InChI is InChI=1S/C36H45N3O2/c1-7-8-14-33-37-31-20-19-28(38-22-11-21-36(5,6)25-38)23-32(31)39(33)24-26-15-17-27(18-16-26)29-12-9-10-13-30(29)34(40)41-35(2,3)4/h9-10,12-13,15-20,23H,7-8,11,14,21-22,24-25H2,1-6H3. The topological polar surface area (TPSA) is 47.4 Å². The summed E-state index contributed by atoms with van der Waals surface area (Å²) in [5, 5.41) is 0. The van der Waals surface area contributed by atoms with E-state index in [1.165, 1.54) is 29.6 Å². The van der Waals surface area contributed by atoms with E-state index in [1.54, 1.807) is 0 Å². The van der Waals surface area contributed by atoms with Gasteiger partial charge in [-0.25, -0.2) is 9.78 Å². The van der Waals surface area contributed by atoms with Gasteiger partial charge >= 0.3 is 5.97 Å². The van der Waals surface area contributed by atoms with Crippen LogP contribution in [0, 0.1) is 5.41 Å². The molecule has 1 saturated heterocycles. The number of piperidine rings is 1. The molecule has 5 rings (SSSR count). The molecule has 0 unspecified atom stereocenters. The predicted octanol–water partition coefficient (Wildman–Crippen LogP) is 8.68. The number of carbonyl (C=O) groups excluding carboxylic acids is 1. The monoisotopic (exact) mass is 551 g/mol. The first-order valence-corrected chi connectivity index (χ1v) is 15.2. The van der Waals surface area contributed by atoms with Crippen LogP contribution in [-0.4, -0.2) is 34.2 Å². The van der Waals surface area contributed by atoms with E-state index in [1.807, 2.05) is 45.0 Å². The molecule has 5 nitrogen and oxygen atoms in total. The van der Waals surface area contributed by atoms with E-state index in [9.17, 15) is 4.79 Å². The molecule has 0 amide bonds. The molecule has 0 spiro atoms. The highest BCUT2D eigenvalue weighted by Crippen LogP contribution is 2.33. The van der Waals surface area contributed by atoms with Gasteiger partial charge in [-0.15, -0.1) is 0 Å². The van der Waals surface area contributed by atoms with Crippen LogP contribution in [0.3, 0.4) is 0 Å². The van der Waals surface area contributed by atoms with Gasteiger partial charge in [0, 0.05) is 31.7 Å². The molecule has 0 aliphatic carbocycles. The Labute approximate surface area is 245 Å². The van der Waals surface area contributed by atoms with Gasteiger partial charge in [-0.2, -0.15) is 0 Å². The third-order valence-corrected chi connectivity index (χ3v) is 7.98. The second-order valence-corrected chi connectivity index (χ2v) is 13.3. The first-order chi connectivity index (χ1) is 19.5. The van der Waals surface area contributed by atoms with Gasteiger partial charge in [0.2, 0.25) is 0 Å². The number of unbranched alkanes of at least 4 members (excludes halogenated alkanes) is 1. The highest BCUT2D eigenvalue weighted by Gasteiger charge is 2.27. The number of aromatic nitrogens is 2. The van der Waals surface area contributed by atoms with Gasteiger partial charge in [-0.3, -0.25) is 0 Å². The van der Waals surface area contributed by atoms with Crippen molar-refractivity contribution in [1.82, 2.24) is 9.55 Å². The number of benzene rings is 3. The number of imidazole rings is 1. The highest BCUT2D eigenvalue weighted by molar-refractivity contribution is 5.97. The summed E-state index contributed by atoms with van der Waals surface area (Å²) < 4.78 is 8.09. The molecule has 1 fully saturated rings. The number of carbonyl (C=O) groups is 1. The van der Waals surface area contributed by atoms with E-state index in [-0.39, 0.29) is 5.97 Å². The van der Waals surface area contributed by atoms with Crippen molar-refractivity contribution >= 4 is 22.7 Å². The average molecular weight is 552 g/mol. The number of hydrogen-bond acceptors (Lipinski definition) is 4. The fourth-order valence-electron chi connectivity index (χ4n) is 5.92. The lowest BCUT2D eigenvalue weighted by Crippen LogP contribution is -2.40. The van der Waals surface area contributed by atoms with Gasteiger partial charge in [-0.1, -0.05) is 69.7 Å². The molecule has 2 heterocycles. The number of fused-ring (bicyclic) bond motifs is 1. The SMILES string of the molecule is CCCCc1nc2ccc(N3CCCC(C)(C)C3)cc2n1Cc1ccc(-c2ccccc2C(=O)OC(C)(C)C)cc1. The van der Waals surface area contributed by atoms with Crippen molar-refractivity contribution in [2.75, 3.05) is 18.0 Å². The van der Waals surface area contributed by atoms with Crippen LogP contribution in [0.1, 0.15) is 89.0 Å². The van der Waals surface area contributed by atoms with E-state index >= 15 is 0 Å². The van der Waals surface area contributed by atoms with Crippen LogP contribution in [0.4, 0.5) is 5.69 Å². The van der Waals surface area contributed by atoms with Crippen molar-refractivity contribution in [2.45, 2.75) is 85.8 Å². The van der Waals surface area contributed by atoms with Crippen LogP contribution >= 0.6 is 0 Å². The zero-order valence-electron chi connectivity index (χ0n) is 25.7. The fraction of sp³-hybridized carbons (Fsp3) is 0.444. The molecule has 0 saturated carbocycles. The summed E-state index contributed by atoms with van der Waals surface area (Å²) in [6.45, 7) is 15.6. The van der Waals surface area contributed by atoms with Crippen LogP contribution in [0.25, 0.3) is 22.2 Å². The Hall–Kier alpha value is -3.60.